The number of rotatable bonds is 5. The van der Waals surface area contributed by atoms with Gasteiger partial charge in [0.05, 0.1) is 17.3 Å². The first-order valence-corrected chi connectivity index (χ1v) is 9.32. The Morgan fingerprint density at radius 3 is 2.58 bits per heavy atom. The summed E-state index contributed by atoms with van der Waals surface area (Å²) in [5, 5.41) is 9.11. The Bertz CT molecular complexity index is 794. The van der Waals surface area contributed by atoms with Crippen molar-refractivity contribution >= 4 is 23.3 Å². The molecule has 138 valence electrons. The van der Waals surface area contributed by atoms with Crippen LogP contribution in [0.25, 0.3) is 11.3 Å². The maximum Gasteiger partial charge on any atom is 0.289 e. The summed E-state index contributed by atoms with van der Waals surface area (Å²) in [5.74, 6) is -0.449. The molecule has 1 aliphatic heterocycles. The fraction of sp³-hybridized carbons (Fsp3) is 0.474. The fourth-order valence-corrected chi connectivity index (χ4v) is 3.45. The van der Waals surface area contributed by atoms with Crippen molar-refractivity contribution in [2.45, 2.75) is 39.2 Å². The fourth-order valence-electron chi connectivity index (χ4n) is 3.22. The predicted octanol–water partition coefficient (Wildman–Crippen LogP) is 3.38. The van der Waals surface area contributed by atoms with Crippen LogP contribution >= 0.6 is 11.6 Å². The molecule has 2 heterocycles. The van der Waals surface area contributed by atoms with Gasteiger partial charge in [-0.15, -0.1) is 5.10 Å². The summed E-state index contributed by atoms with van der Waals surface area (Å²) >= 11 is 6.22. The normalized spacial score (nSPS) is 15.5. The maximum atomic E-state index is 12.2. The molecule has 26 heavy (non-hydrogen) atoms. The molecule has 1 aromatic carbocycles. The van der Waals surface area contributed by atoms with Gasteiger partial charge in [0, 0.05) is 25.1 Å². The summed E-state index contributed by atoms with van der Waals surface area (Å²) in [6.45, 7) is 5.01. The molecule has 1 aromatic heterocycles. The lowest BCUT2D eigenvalue weighted by Crippen LogP contribution is -2.42. The van der Waals surface area contributed by atoms with Crippen molar-refractivity contribution in [2.24, 2.45) is 5.92 Å². The first-order chi connectivity index (χ1) is 12.5. The van der Waals surface area contributed by atoms with E-state index in [-0.39, 0.29) is 23.7 Å². The molecule has 0 aliphatic carbocycles. The molecule has 6 nitrogen and oxygen atoms in total. The molecule has 1 saturated heterocycles. The van der Waals surface area contributed by atoms with Gasteiger partial charge in [-0.1, -0.05) is 48.9 Å². The van der Waals surface area contributed by atoms with Gasteiger partial charge in [-0.2, -0.15) is 0 Å². The summed E-state index contributed by atoms with van der Waals surface area (Å²) in [7, 11) is 0. The van der Waals surface area contributed by atoms with Gasteiger partial charge in [0.15, 0.2) is 0 Å². The van der Waals surface area contributed by atoms with Gasteiger partial charge in [-0.25, -0.2) is 4.68 Å². The van der Waals surface area contributed by atoms with Gasteiger partial charge in [-0.05, 0) is 24.8 Å². The van der Waals surface area contributed by atoms with E-state index in [2.05, 4.69) is 10.3 Å². The van der Waals surface area contributed by atoms with Crippen LogP contribution in [-0.2, 0) is 9.59 Å². The van der Waals surface area contributed by atoms with Crippen LogP contribution in [0.3, 0.4) is 0 Å². The van der Waals surface area contributed by atoms with Crippen molar-refractivity contribution < 1.29 is 9.59 Å². The van der Waals surface area contributed by atoms with Crippen molar-refractivity contribution in [3.8, 4) is 11.3 Å². The quantitative estimate of drug-likeness (QED) is 0.752. The minimum absolute atomic E-state index is 0.169. The first-order valence-electron chi connectivity index (χ1n) is 8.94. The van der Waals surface area contributed by atoms with Crippen molar-refractivity contribution in [1.82, 2.24) is 19.9 Å². The summed E-state index contributed by atoms with van der Waals surface area (Å²) < 4.78 is 1.84. The van der Waals surface area contributed by atoms with Crippen LogP contribution in [0.15, 0.2) is 30.5 Å². The van der Waals surface area contributed by atoms with Gasteiger partial charge in [0.2, 0.25) is 5.78 Å². The van der Waals surface area contributed by atoms with E-state index >= 15 is 0 Å². The second kappa shape index (κ2) is 7.99. The second-order valence-corrected chi connectivity index (χ2v) is 7.52. The molecule has 0 saturated carbocycles. The van der Waals surface area contributed by atoms with Gasteiger partial charge in [0.1, 0.15) is 5.69 Å². The molecule has 0 atom stereocenters. The van der Waals surface area contributed by atoms with E-state index in [4.69, 9.17) is 11.6 Å². The minimum atomic E-state index is -0.354. The molecule has 0 N–H and O–H groups in total. The van der Waals surface area contributed by atoms with Crippen LogP contribution in [0, 0.1) is 5.92 Å². The number of aromatic nitrogens is 3. The summed E-state index contributed by atoms with van der Waals surface area (Å²) in [5.41, 5.74) is 1.59. The average Bonchev–Trinajstić information content (AvgIpc) is 3.11. The number of Topliss-reactive ketones (excluding diaryl/α,β-unsaturated/α-hetero) is 1. The first kappa shape index (κ1) is 18.6. The van der Waals surface area contributed by atoms with Crippen molar-refractivity contribution in [3.05, 3.63) is 35.5 Å². The monoisotopic (exact) mass is 374 g/mol. The number of amides is 1. The lowest BCUT2D eigenvalue weighted by molar-refractivity contribution is -0.146. The number of hydrogen-bond donors (Lipinski definition) is 0. The summed E-state index contributed by atoms with van der Waals surface area (Å²) in [6.07, 6.45) is 3.72. The number of halogens is 1. The zero-order valence-corrected chi connectivity index (χ0v) is 15.8. The van der Waals surface area contributed by atoms with Gasteiger partial charge >= 0.3 is 0 Å². The molecule has 1 amide bonds. The summed E-state index contributed by atoms with van der Waals surface area (Å²) in [6, 6.07) is 7.71. The van der Waals surface area contributed by atoms with Gasteiger partial charge in [0.25, 0.3) is 5.91 Å². The lowest BCUT2D eigenvalue weighted by atomic mass is 10.0. The Morgan fingerprint density at radius 1 is 1.23 bits per heavy atom. The Balaban J connectivity index is 1.61. The number of ketones is 1. The SMILES string of the molecule is CC(C)CC(=O)C(=O)N1CCC(n2cc(-c3ccccc3Cl)nn2)CC1. The van der Waals surface area contributed by atoms with Crippen LogP contribution < -0.4 is 0 Å². The molecular weight excluding hydrogens is 352 g/mol. The molecule has 7 heteroatoms. The molecule has 0 unspecified atom stereocenters. The number of piperidine rings is 1. The molecule has 1 aliphatic rings. The highest BCUT2D eigenvalue weighted by atomic mass is 35.5. The molecule has 3 rings (SSSR count). The lowest BCUT2D eigenvalue weighted by Gasteiger charge is -2.31. The number of benzene rings is 1. The van der Waals surface area contributed by atoms with E-state index in [9.17, 15) is 9.59 Å². The van der Waals surface area contributed by atoms with Gasteiger partial charge < -0.3 is 4.90 Å². The Morgan fingerprint density at radius 2 is 1.92 bits per heavy atom. The standard InChI is InChI=1S/C19H23ClN4O2/c1-13(2)11-18(25)19(26)23-9-7-14(8-10-23)24-12-17(21-22-24)15-5-3-4-6-16(15)20/h3-6,12-14H,7-11H2,1-2H3. The van der Waals surface area contributed by atoms with E-state index in [1.165, 1.54) is 0 Å². The van der Waals surface area contributed by atoms with E-state index in [0.29, 0.717) is 24.5 Å². The maximum absolute atomic E-state index is 12.2. The molecular formula is C19H23ClN4O2. The zero-order valence-electron chi connectivity index (χ0n) is 15.1. The molecule has 0 spiro atoms. The van der Waals surface area contributed by atoms with Crippen LogP contribution in [0.2, 0.25) is 5.02 Å². The third-order valence-corrected chi connectivity index (χ3v) is 4.95. The Hall–Kier alpha value is -2.21. The topological polar surface area (TPSA) is 68.1 Å². The third-order valence-electron chi connectivity index (χ3n) is 4.62. The van der Waals surface area contributed by atoms with E-state index in [0.717, 1.165) is 24.1 Å². The highest BCUT2D eigenvalue weighted by molar-refractivity contribution is 6.36. The van der Waals surface area contributed by atoms with Gasteiger partial charge in [-0.3, -0.25) is 9.59 Å². The van der Waals surface area contributed by atoms with Crippen molar-refractivity contribution in [3.63, 3.8) is 0 Å². The van der Waals surface area contributed by atoms with Crippen LogP contribution in [0.5, 0.6) is 0 Å². The third kappa shape index (κ3) is 4.12. The van der Waals surface area contributed by atoms with E-state index in [1.54, 1.807) is 4.90 Å². The smallest absolute Gasteiger partial charge is 0.289 e. The number of likely N-dealkylation sites (tertiary alicyclic amines) is 1. The van der Waals surface area contributed by atoms with E-state index in [1.807, 2.05) is 49.0 Å². The molecule has 0 radical (unpaired) electrons. The van der Waals surface area contributed by atoms with Crippen LogP contribution in [0.4, 0.5) is 0 Å². The van der Waals surface area contributed by atoms with Crippen molar-refractivity contribution in [2.75, 3.05) is 13.1 Å². The second-order valence-electron chi connectivity index (χ2n) is 7.11. The summed E-state index contributed by atoms with van der Waals surface area (Å²) in [4.78, 5) is 25.9. The van der Waals surface area contributed by atoms with Crippen LogP contribution in [-0.4, -0.2) is 44.7 Å². The number of hydrogen-bond acceptors (Lipinski definition) is 4. The Labute approximate surface area is 158 Å². The predicted molar refractivity (Wildman–Crippen MR) is 99.8 cm³/mol. The Kier molecular flexibility index (Phi) is 5.71. The molecule has 1 fully saturated rings. The highest BCUT2D eigenvalue weighted by Gasteiger charge is 2.28. The number of carbonyl (C=O) groups excluding carboxylic acids is 2. The molecule has 2 aromatic rings. The minimum Gasteiger partial charge on any atom is -0.336 e. The van der Waals surface area contributed by atoms with Crippen molar-refractivity contribution in [1.29, 1.82) is 0 Å². The molecule has 0 bridgehead atoms. The number of carbonyl (C=O) groups is 2. The van der Waals surface area contributed by atoms with Crippen LogP contribution in [0.1, 0.15) is 39.2 Å². The largest absolute Gasteiger partial charge is 0.336 e. The average molecular weight is 375 g/mol. The highest BCUT2D eigenvalue weighted by Crippen LogP contribution is 2.28. The van der Waals surface area contributed by atoms with E-state index < -0.39 is 0 Å². The number of nitrogens with zero attached hydrogens (tertiary/aromatic N) is 4. The zero-order chi connectivity index (χ0) is 18.7.